The molecule has 0 amide bonds. The van der Waals surface area contributed by atoms with Crippen molar-refractivity contribution in [3.05, 3.63) is 64.5 Å². The third kappa shape index (κ3) is 3.45. The Labute approximate surface area is 169 Å². The van der Waals surface area contributed by atoms with Gasteiger partial charge in [0.15, 0.2) is 0 Å². The average molecular weight is 418 g/mol. The third-order valence-electron chi connectivity index (χ3n) is 4.99. The van der Waals surface area contributed by atoms with E-state index in [1.54, 1.807) is 12.1 Å². The van der Waals surface area contributed by atoms with E-state index in [4.69, 9.17) is 16.1 Å². The van der Waals surface area contributed by atoms with Gasteiger partial charge in [0.1, 0.15) is 6.04 Å². The number of hydrogen-bond acceptors (Lipinski definition) is 5. The minimum Gasteiger partial charge on any atom is -0.337 e. The first kappa shape index (κ1) is 19.1. The summed E-state index contributed by atoms with van der Waals surface area (Å²) in [5, 5.41) is 4.47. The SMILES string of the molecule is Cc1ccc(-c2noc([C@H]3CCCN3S(=O)(=O)c3ccc(C)c(Cl)c3)n2)cc1. The van der Waals surface area contributed by atoms with E-state index in [0.29, 0.717) is 29.7 Å². The van der Waals surface area contributed by atoms with Crippen molar-refractivity contribution >= 4 is 21.6 Å². The molecule has 28 heavy (non-hydrogen) atoms. The second-order valence-electron chi connectivity index (χ2n) is 7.01. The van der Waals surface area contributed by atoms with Gasteiger partial charge in [-0.2, -0.15) is 9.29 Å². The zero-order valence-electron chi connectivity index (χ0n) is 15.6. The molecule has 146 valence electrons. The highest BCUT2D eigenvalue weighted by molar-refractivity contribution is 7.89. The van der Waals surface area contributed by atoms with Crippen LogP contribution in [0.25, 0.3) is 11.4 Å². The van der Waals surface area contributed by atoms with Crippen molar-refractivity contribution in [2.24, 2.45) is 0 Å². The highest BCUT2D eigenvalue weighted by Gasteiger charge is 2.39. The third-order valence-corrected chi connectivity index (χ3v) is 7.30. The summed E-state index contributed by atoms with van der Waals surface area (Å²) in [6, 6.07) is 12.1. The maximum Gasteiger partial charge on any atom is 0.245 e. The Morgan fingerprint density at radius 1 is 1.14 bits per heavy atom. The number of halogens is 1. The van der Waals surface area contributed by atoms with Gasteiger partial charge in [-0.15, -0.1) is 0 Å². The zero-order valence-corrected chi connectivity index (χ0v) is 17.2. The quantitative estimate of drug-likeness (QED) is 0.623. The van der Waals surface area contributed by atoms with Crippen LogP contribution >= 0.6 is 11.6 Å². The van der Waals surface area contributed by atoms with Crippen LogP contribution in [0.15, 0.2) is 51.9 Å². The van der Waals surface area contributed by atoms with Gasteiger partial charge in [-0.05, 0) is 44.4 Å². The van der Waals surface area contributed by atoms with Gasteiger partial charge in [0.25, 0.3) is 0 Å². The van der Waals surface area contributed by atoms with Gasteiger partial charge >= 0.3 is 0 Å². The minimum atomic E-state index is -3.72. The maximum atomic E-state index is 13.2. The van der Waals surface area contributed by atoms with Crippen molar-refractivity contribution in [3.63, 3.8) is 0 Å². The molecule has 1 aliphatic rings. The predicted molar refractivity (Wildman–Crippen MR) is 107 cm³/mol. The van der Waals surface area contributed by atoms with E-state index in [1.807, 2.05) is 38.1 Å². The molecule has 2 heterocycles. The number of aromatic nitrogens is 2. The van der Waals surface area contributed by atoms with E-state index in [9.17, 15) is 8.42 Å². The molecule has 1 fully saturated rings. The molecule has 3 aromatic rings. The zero-order chi connectivity index (χ0) is 19.9. The summed E-state index contributed by atoms with van der Waals surface area (Å²) >= 11 is 6.14. The fourth-order valence-corrected chi connectivity index (χ4v) is 5.26. The Hall–Kier alpha value is -2.22. The number of nitrogens with zero attached hydrogens (tertiary/aromatic N) is 3. The summed E-state index contributed by atoms with van der Waals surface area (Å²) in [6.07, 6.45) is 1.36. The number of rotatable bonds is 4. The van der Waals surface area contributed by atoms with E-state index in [-0.39, 0.29) is 4.90 Å². The van der Waals surface area contributed by atoms with Crippen molar-refractivity contribution < 1.29 is 12.9 Å². The van der Waals surface area contributed by atoms with Crippen LogP contribution in [0.3, 0.4) is 0 Å². The lowest BCUT2D eigenvalue weighted by Crippen LogP contribution is -2.30. The molecular weight excluding hydrogens is 398 g/mol. The monoisotopic (exact) mass is 417 g/mol. The van der Waals surface area contributed by atoms with Gasteiger partial charge in [0, 0.05) is 17.1 Å². The number of sulfonamides is 1. The predicted octanol–water partition coefficient (Wildman–Crippen LogP) is 4.53. The second-order valence-corrected chi connectivity index (χ2v) is 9.30. The van der Waals surface area contributed by atoms with Gasteiger partial charge in [-0.1, -0.05) is 52.7 Å². The Balaban J connectivity index is 1.65. The molecule has 0 N–H and O–H groups in total. The Bertz CT molecular complexity index is 1110. The van der Waals surface area contributed by atoms with Crippen molar-refractivity contribution in [2.75, 3.05) is 6.54 Å². The molecular formula is C20H20ClN3O3S. The average Bonchev–Trinajstić information content (AvgIpc) is 3.33. The van der Waals surface area contributed by atoms with Crippen molar-refractivity contribution in [3.8, 4) is 11.4 Å². The fourth-order valence-electron chi connectivity index (χ4n) is 3.33. The Morgan fingerprint density at radius 3 is 2.61 bits per heavy atom. The van der Waals surface area contributed by atoms with Gasteiger partial charge in [-0.25, -0.2) is 8.42 Å². The molecule has 6 nitrogen and oxygen atoms in total. The van der Waals surface area contributed by atoms with Crippen LogP contribution in [0, 0.1) is 13.8 Å². The smallest absolute Gasteiger partial charge is 0.245 e. The van der Waals surface area contributed by atoms with Crippen LogP contribution < -0.4 is 0 Å². The number of benzene rings is 2. The van der Waals surface area contributed by atoms with Crippen LogP contribution in [0.4, 0.5) is 0 Å². The lowest BCUT2D eigenvalue weighted by atomic mass is 10.1. The van der Waals surface area contributed by atoms with Crippen LogP contribution in [0.2, 0.25) is 5.02 Å². The summed E-state index contributed by atoms with van der Waals surface area (Å²) in [7, 11) is -3.72. The molecule has 1 atom stereocenters. The van der Waals surface area contributed by atoms with Crippen LogP contribution in [-0.2, 0) is 10.0 Å². The van der Waals surface area contributed by atoms with E-state index < -0.39 is 16.1 Å². The molecule has 1 aromatic heterocycles. The summed E-state index contributed by atoms with van der Waals surface area (Å²) in [6.45, 7) is 4.24. The summed E-state index contributed by atoms with van der Waals surface area (Å²) in [5.41, 5.74) is 2.80. The van der Waals surface area contributed by atoms with Crippen molar-refractivity contribution in [1.82, 2.24) is 14.4 Å². The molecule has 1 saturated heterocycles. The van der Waals surface area contributed by atoms with Crippen LogP contribution in [0.1, 0.15) is 35.9 Å². The highest BCUT2D eigenvalue weighted by atomic mass is 35.5. The van der Waals surface area contributed by atoms with Crippen LogP contribution in [-0.4, -0.2) is 29.4 Å². The molecule has 0 radical (unpaired) electrons. The standard InChI is InChI=1S/C20H20ClN3O3S/c1-13-5-8-15(9-6-13)19-22-20(27-23-19)18-4-3-11-24(18)28(25,26)16-10-7-14(2)17(21)12-16/h5-10,12,18H,3-4,11H2,1-2H3/t18-/m1/s1. The normalized spacial score (nSPS) is 17.9. The molecule has 0 spiro atoms. The molecule has 8 heteroatoms. The number of aryl methyl sites for hydroxylation is 2. The lowest BCUT2D eigenvalue weighted by molar-refractivity contribution is 0.290. The summed E-state index contributed by atoms with van der Waals surface area (Å²) in [4.78, 5) is 4.65. The first-order valence-electron chi connectivity index (χ1n) is 9.05. The molecule has 2 aromatic carbocycles. The van der Waals surface area contributed by atoms with E-state index in [1.165, 1.54) is 10.4 Å². The fraction of sp³-hybridized carbons (Fsp3) is 0.300. The largest absolute Gasteiger partial charge is 0.337 e. The van der Waals surface area contributed by atoms with Crippen LogP contribution in [0.5, 0.6) is 0 Å². The molecule has 0 aliphatic carbocycles. The molecule has 4 rings (SSSR count). The van der Waals surface area contributed by atoms with Gasteiger partial charge < -0.3 is 4.52 Å². The van der Waals surface area contributed by atoms with Crippen molar-refractivity contribution in [1.29, 1.82) is 0 Å². The molecule has 1 aliphatic heterocycles. The van der Waals surface area contributed by atoms with E-state index >= 15 is 0 Å². The lowest BCUT2D eigenvalue weighted by Gasteiger charge is -2.21. The molecule has 0 unspecified atom stereocenters. The first-order valence-corrected chi connectivity index (χ1v) is 10.9. The Kier molecular flexibility index (Phi) is 4.99. The minimum absolute atomic E-state index is 0.174. The van der Waals surface area contributed by atoms with Gasteiger partial charge in [-0.3, -0.25) is 0 Å². The maximum absolute atomic E-state index is 13.2. The second kappa shape index (κ2) is 7.31. The van der Waals surface area contributed by atoms with Gasteiger partial charge in [0.05, 0.1) is 4.90 Å². The first-order chi connectivity index (χ1) is 13.4. The summed E-state index contributed by atoms with van der Waals surface area (Å²) < 4.78 is 33.2. The topological polar surface area (TPSA) is 76.3 Å². The van der Waals surface area contributed by atoms with Crippen molar-refractivity contribution in [2.45, 2.75) is 37.6 Å². The van der Waals surface area contributed by atoms with Gasteiger partial charge in [0.2, 0.25) is 21.7 Å². The highest BCUT2D eigenvalue weighted by Crippen LogP contribution is 2.37. The molecule has 0 bridgehead atoms. The summed E-state index contributed by atoms with van der Waals surface area (Å²) in [5.74, 6) is 0.771. The number of hydrogen-bond donors (Lipinski definition) is 0. The van der Waals surface area contributed by atoms with E-state index in [0.717, 1.165) is 23.1 Å². The Morgan fingerprint density at radius 2 is 1.89 bits per heavy atom. The molecule has 0 saturated carbocycles. The van der Waals surface area contributed by atoms with E-state index in [2.05, 4.69) is 10.1 Å².